The molecule has 17 nitrogen and oxygen atoms in total. The van der Waals surface area contributed by atoms with Crippen molar-refractivity contribution in [1.29, 1.82) is 0 Å². The first-order valence-corrected chi connectivity index (χ1v) is 42.7. The number of aliphatic hydroxyl groups excluding tert-OH is 1. The van der Waals surface area contributed by atoms with Crippen LogP contribution in [0, 0.1) is 0 Å². The second kappa shape index (κ2) is 75.9. The van der Waals surface area contributed by atoms with Crippen molar-refractivity contribution < 1.29 is 80.2 Å². The average molecular weight is 1500 g/mol. The van der Waals surface area contributed by atoms with Crippen LogP contribution in [0.15, 0.2) is 158 Å². The van der Waals surface area contributed by atoms with Gasteiger partial charge in [0.25, 0.3) is 0 Å². The van der Waals surface area contributed by atoms with Crippen molar-refractivity contribution in [2.75, 3.05) is 39.6 Å². The fourth-order valence-corrected chi connectivity index (χ4v) is 11.6. The summed E-state index contributed by atoms with van der Waals surface area (Å²) in [6.07, 6.45) is 88.0. The molecule has 19 heteroatoms. The Hall–Kier alpha value is -5.32. The molecule has 0 aromatic carbocycles. The summed E-state index contributed by atoms with van der Waals surface area (Å²) < 4.78 is 68.5. The number of phosphoric ester groups is 2. The molecule has 0 aromatic rings. The normalized spacial score (nSPS) is 14.7. The minimum absolute atomic E-state index is 0.0498. The number of allylic oxidation sites excluding steroid dienone is 26. The fourth-order valence-electron chi connectivity index (χ4n) is 10.1. The zero-order chi connectivity index (χ0) is 76.0. The van der Waals surface area contributed by atoms with Gasteiger partial charge in [0.1, 0.15) is 19.3 Å². The first kappa shape index (κ1) is 98.7. The highest BCUT2D eigenvalue weighted by molar-refractivity contribution is 7.47. The average Bonchev–Trinajstić information content (AvgIpc) is 0.930. The van der Waals surface area contributed by atoms with Crippen molar-refractivity contribution in [1.82, 2.24) is 0 Å². The predicted octanol–water partition coefficient (Wildman–Crippen LogP) is 23.2. The van der Waals surface area contributed by atoms with E-state index in [0.29, 0.717) is 32.1 Å². The summed E-state index contributed by atoms with van der Waals surface area (Å²) in [7, 11) is -9.99. The number of phosphoric acid groups is 2. The van der Waals surface area contributed by atoms with Crippen molar-refractivity contribution in [3.8, 4) is 0 Å². The quantitative estimate of drug-likeness (QED) is 0.0169. The third-order valence-corrected chi connectivity index (χ3v) is 17.9. The molecule has 0 aliphatic carbocycles. The Morgan fingerprint density at radius 1 is 0.279 bits per heavy atom. The van der Waals surface area contributed by atoms with E-state index < -0.39 is 97.5 Å². The molecule has 0 amide bonds. The molecule has 0 heterocycles. The van der Waals surface area contributed by atoms with E-state index >= 15 is 0 Å². The number of rotatable bonds is 73. The van der Waals surface area contributed by atoms with E-state index in [1.54, 1.807) is 0 Å². The monoisotopic (exact) mass is 1490 g/mol. The number of carbonyl (C=O) groups excluding carboxylic acids is 4. The van der Waals surface area contributed by atoms with Crippen LogP contribution in [0.1, 0.15) is 297 Å². The molecular formula is C85H140O17P2. The molecule has 0 aliphatic rings. The summed E-state index contributed by atoms with van der Waals surface area (Å²) in [5, 5.41) is 10.6. The van der Waals surface area contributed by atoms with Gasteiger partial charge in [-0.15, -0.1) is 0 Å². The van der Waals surface area contributed by atoms with Gasteiger partial charge in [-0.25, -0.2) is 9.13 Å². The van der Waals surface area contributed by atoms with Gasteiger partial charge < -0.3 is 33.8 Å². The number of hydrogen-bond donors (Lipinski definition) is 3. The maximum Gasteiger partial charge on any atom is 0.472 e. The van der Waals surface area contributed by atoms with E-state index in [9.17, 15) is 43.2 Å². The predicted molar refractivity (Wildman–Crippen MR) is 427 cm³/mol. The Kier molecular flexibility index (Phi) is 72.0. The van der Waals surface area contributed by atoms with Crippen LogP contribution < -0.4 is 0 Å². The first-order chi connectivity index (χ1) is 50.7. The van der Waals surface area contributed by atoms with E-state index in [0.717, 1.165) is 173 Å². The van der Waals surface area contributed by atoms with Crippen molar-refractivity contribution in [2.45, 2.75) is 316 Å². The molecule has 0 fully saturated rings. The Bertz CT molecular complexity index is 2590. The van der Waals surface area contributed by atoms with E-state index in [-0.39, 0.29) is 25.7 Å². The lowest BCUT2D eigenvalue weighted by Gasteiger charge is -2.21. The lowest BCUT2D eigenvalue weighted by Crippen LogP contribution is -2.30. The molecule has 0 spiro atoms. The van der Waals surface area contributed by atoms with E-state index in [1.807, 2.05) is 12.2 Å². The van der Waals surface area contributed by atoms with Gasteiger partial charge in [0.2, 0.25) is 0 Å². The molecule has 0 bridgehead atoms. The SMILES string of the molecule is CC/C=C\C/C=C\C/C=C\C/C=C\C/C=C\CCCC(=O)OCC(COP(=O)(O)OCC(O)COP(=O)(O)OCC(COC(=O)CCCCCCCC/C=C\C/C=C\C/C=C\C/C=C\CC)OC(=O)CCCCCCCCCCCCC)OC(=O)CCCCCC/C=C\C/C=C\C/C=C\C/C=C\CC. The van der Waals surface area contributed by atoms with Gasteiger partial charge in [-0.2, -0.15) is 0 Å². The van der Waals surface area contributed by atoms with E-state index in [2.05, 4.69) is 174 Å². The van der Waals surface area contributed by atoms with Crippen LogP contribution in [0.25, 0.3) is 0 Å². The zero-order valence-corrected chi connectivity index (χ0v) is 66.4. The molecule has 592 valence electrons. The summed E-state index contributed by atoms with van der Waals surface area (Å²) in [5.41, 5.74) is 0. The number of ether oxygens (including phenoxy) is 4. The molecule has 0 aromatic heterocycles. The maximum absolute atomic E-state index is 13.1. The molecule has 0 saturated carbocycles. The van der Waals surface area contributed by atoms with Gasteiger partial charge in [0, 0.05) is 25.7 Å². The smallest absolute Gasteiger partial charge is 0.462 e. The summed E-state index contributed by atoms with van der Waals surface area (Å²) >= 11 is 0. The van der Waals surface area contributed by atoms with Gasteiger partial charge in [0.15, 0.2) is 12.2 Å². The Labute approximate surface area is 629 Å². The van der Waals surface area contributed by atoms with Gasteiger partial charge in [-0.1, -0.05) is 288 Å². The number of aliphatic hydroxyl groups is 1. The second-order valence-electron chi connectivity index (χ2n) is 25.9. The summed E-state index contributed by atoms with van der Waals surface area (Å²) in [6.45, 7) is 4.41. The van der Waals surface area contributed by atoms with Crippen LogP contribution >= 0.6 is 15.6 Å². The zero-order valence-electron chi connectivity index (χ0n) is 64.6. The fraction of sp³-hybridized carbons (Fsp3) is 0.647. The van der Waals surface area contributed by atoms with Crippen LogP contribution in [-0.2, 0) is 65.4 Å². The molecule has 0 saturated heterocycles. The Morgan fingerprint density at radius 3 is 0.808 bits per heavy atom. The molecule has 5 unspecified atom stereocenters. The molecule has 0 radical (unpaired) electrons. The highest BCUT2D eigenvalue weighted by atomic mass is 31.2. The van der Waals surface area contributed by atoms with Crippen molar-refractivity contribution >= 4 is 39.5 Å². The molecule has 5 atom stereocenters. The molecule has 104 heavy (non-hydrogen) atoms. The van der Waals surface area contributed by atoms with Crippen LogP contribution in [0.4, 0.5) is 0 Å². The van der Waals surface area contributed by atoms with Crippen LogP contribution in [0.2, 0.25) is 0 Å². The highest BCUT2D eigenvalue weighted by Crippen LogP contribution is 2.45. The number of carbonyl (C=O) groups is 4. The highest BCUT2D eigenvalue weighted by Gasteiger charge is 2.30. The van der Waals surface area contributed by atoms with Crippen molar-refractivity contribution in [2.24, 2.45) is 0 Å². The third kappa shape index (κ3) is 74.9. The third-order valence-electron chi connectivity index (χ3n) is 16.0. The molecular weight excluding hydrogens is 1350 g/mol. The van der Waals surface area contributed by atoms with Gasteiger partial charge in [-0.3, -0.25) is 37.3 Å². The largest absolute Gasteiger partial charge is 0.472 e. The Morgan fingerprint density at radius 2 is 0.510 bits per heavy atom. The van der Waals surface area contributed by atoms with Gasteiger partial charge in [0.05, 0.1) is 26.4 Å². The van der Waals surface area contributed by atoms with Gasteiger partial charge >= 0.3 is 39.5 Å². The van der Waals surface area contributed by atoms with E-state index in [1.165, 1.54) is 38.5 Å². The van der Waals surface area contributed by atoms with Crippen LogP contribution in [-0.4, -0.2) is 96.7 Å². The van der Waals surface area contributed by atoms with E-state index in [4.69, 9.17) is 37.0 Å². The van der Waals surface area contributed by atoms with Crippen LogP contribution in [0.5, 0.6) is 0 Å². The van der Waals surface area contributed by atoms with Crippen molar-refractivity contribution in [3.05, 3.63) is 158 Å². The number of esters is 4. The van der Waals surface area contributed by atoms with Gasteiger partial charge in [-0.05, 0) is 141 Å². The lowest BCUT2D eigenvalue weighted by atomic mass is 10.1. The summed E-state index contributed by atoms with van der Waals surface area (Å²) in [4.78, 5) is 73.0. The minimum Gasteiger partial charge on any atom is -0.462 e. The number of hydrogen-bond acceptors (Lipinski definition) is 15. The number of unbranched alkanes of at least 4 members (excludes halogenated alkanes) is 21. The summed E-state index contributed by atoms with van der Waals surface area (Å²) in [6, 6.07) is 0. The molecule has 3 N–H and O–H groups in total. The Balaban J connectivity index is 5.42. The summed E-state index contributed by atoms with van der Waals surface area (Å²) in [5.74, 6) is -2.29. The lowest BCUT2D eigenvalue weighted by molar-refractivity contribution is -0.161. The maximum atomic E-state index is 13.1. The first-order valence-electron chi connectivity index (χ1n) is 39.7. The standard InChI is InChI=1S/C85H140O17P2/c1-5-9-13-17-21-25-29-32-35-38-39-42-44-47-51-54-58-62-66-70-82(87)95-75-80(101-84(89)71-67-63-59-55-49-28-24-20-16-12-8-4)77-99-103(91,92)97-73-79(86)74-98-104(93,94)100-78-81(102-85(90)72-68-64-60-56-52-48-45-41-37-34-31-27-23-19-15-11-7-3)76-96-83(88)69-65-61-57-53-50-46-43-40-36-33-30-26-22-18-14-10-6-2/h9-11,13-15,21-23,25-27,32-37,39,42-43,45-46,48,53,57,79-81,86H,5-8,12,16-20,24,28-31,38,40-41,44,47,49-52,54-56,58-78H2,1-4H3,(H,91,92)(H,93,94)/b13-9-,14-10-,15-11-,25-21-,26-22-,27-23-,35-32-,36-33-,37-34-,42-39-,46-43-,48-45-,57-53-. The minimum atomic E-state index is -5.00. The topological polar surface area (TPSA) is 237 Å². The molecule has 0 rings (SSSR count). The molecule has 0 aliphatic heterocycles. The van der Waals surface area contributed by atoms with Crippen LogP contribution in [0.3, 0.4) is 0 Å². The second-order valence-corrected chi connectivity index (χ2v) is 28.8. The van der Waals surface area contributed by atoms with Crippen molar-refractivity contribution in [3.63, 3.8) is 0 Å².